The van der Waals surface area contributed by atoms with E-state index in [9.17, 15) is 28.8 Å². The average molecular weight is 1110 g/mol. The molecule has 0 aliphatic carbocycles. The summed E-state index contributed by atoms with van der Waals surface area (Å²) >= 11 is 9.81. The van der Waals surface area contributed by atoms with Crippen molar-refractivity contribution in [3.8, 4) is 34.5 Å². The Morgan fingerprint density at radius 3 is 0.528 bits per heavy atom. The molecule has 12 nitrogen and oxygen atoms in total. The molecule has 0 atom stereocenters. The molecule has 18 heteroatoms. The molecule has 0 unspecified atom stereocenters. The van der Waals surface area contributed by atoms with Gasteiger partial charge in [-0.05, 0) is 142 Å². The largest absolute Gasteiger partial charge is 0.422 e. The van der Waals surface area contributed by atoms with E-state index in [1.807, 2.05) is 0 Å². The van der Waals surface area contributed by atoms with E-state index in [4.69, 9.17) is 28.4 Å². The lowest BCUT2D eigenvalue weighted by Crippen LogP contribution is -2.14. The molecule has 396 valence electrons. The lowest BCUT2D eigenvalue weighted by Gasteiger charge is -2.19. The van der Waals surface area contributed by atoms with Gasteiger partial charge in [0.25, 0.3) is 0 Å². The fraction of sp³-hybridized carbons (Fsp3) is 0.556. The first-order valence-electron chi connectivity index (χ1n) is 25.2. The molecule has 0 heterocycles. The Morgan fingerprint density at radius 1 is 0.264 bits per heavy atom. The van der Waals surface area contributed by atoms with E-state index in [1.54, 1.807) is 107 Å². The van der Waals surface area contributed by atoms with Crippen molar-refractivity contribution < 1.29 is 57.2 Å². The predicted molar refractivity (Wildman–Crippen MR) is 306 cm³/mol. The molecule has 4 aromatic rings. The van der Waals surface area contributed by atoms with Crippen LogP contribution in [0.2, 0.25) is 0 Å². The van der Waals surface area contributed by atoms with Crippen LogP contribution in [0.5, 0.6) is 34.5 Å². The second-order valence-electron chi connectivity index (χ2n) is 16.6. The van der Waals surface area contributed by atoms with E-state index >= 15 is 0 Å². The molecule has 72 heavy (non-hydrogen) atoms. The molecular formula is C54H72O12S6. The third kappa shape index (κ3) is 21.1. The van der Waals surface area contributed by atoms with Crippen LogP contribution in [0.25, 0.3) is 32.3 Å². The van der Waals surface area contributed by atoms with Crippen LogP contribution >= 0.6 is 70.6 Å². The van der Waals surface area contributed by atoms with Gasteiger partial charge in [-0.1, -0.05) is 41.5 Å². The van der Waals surface area contributed by atoms with Gasteiger partial charge in [-0.25, -0.2) is 0 Å². The van der Waals surface area contributed by atoms with Gasteiger partial charge in [0.1, 0.15) is 0 Å². The van der Waals surface area contributed by atoms with Crippen LogP contribution in [0.3, 0.4) is 0 Å². The Kier molecular flexibility index (Phi) is 29.7. The van der Waals surface area contributed by atoms with Crippen molar-refractivity contribution in [2.75, 3.05) is 69.0 Å². The number of hydrogen-bond donors (Lipinski definition) is 0. The Balaban J connectivity index is 2.08. The highest BCUT2D eigenvalue weighted by Gasteiger charge is 2.25. The van der Waals surface area contributed by atoms with Crippen molar-refractivity contribution in [3.05, 3.63) is 36.4 Å². The molecule has 4 rings (SSSR count). The normalized spacial score (nSPS) is 11.2. The zero-order valence-corrected chi connectivity index (χ0v) is 47.7. The van der Waals surface area contributed by atoms with Crippen molar-refractivity contribution in [1.29, 1.82) is 0 Å². The van der Waals surface area contributed by atoms with E-state index in [1.165, 1.54) is 0 Å². The van der Waals surface area contributed by atoms with Crippen molar-refractivity contribution in [1.82, 2.24) is 0 Å². The van der Waals surface area contributed by atoms with E-state index in [-0.39, 0.29) is 73.0 Å². The molecule has 0 amide bonds. The highest BCUT2D eigenvalue weighted by atomic mass is 32.2. The summed E-state index contributed by atoms with van der Waals surface area (Å²) in [7, 11) is 0. The van der Waals surface area contributed by atoms with E-state index in [0.717, 1.165) is 73.0 Å². The second kappa shape index (κ2) is 35.0. The second-order valence-corrected chi connectivity index (χ2v) is 23.9. The van der Waals surface area contributed by atoms with Gasteiger partial charge in [-0.3, -0.25) is 28.8 Å². The van der Waals surface area contributed by atoms with Crippen LogP contribution in [0.15, 0.2) is 36.4 Å². The van der Waals surface area contributed by atoms with Gasteiger partial charge < -0.3 is 28.4 Å². The first-order valence-corrected chi connectivity index (χ1v) is 32.1. The fourth-order valence-corrected chi connectivity index (χ4v) is 11.8. The van der Waals surface area contributed by atoms with Crippen LogP contribution in [0, 0.1) is 0 Å². The number of benzene rings is 4. The lowest BCUT2D eigenvalue weighted by atomic mass is 9.93. The van der Waals surface area contributed by atoms with Crippen LogP contribution in [-0.2, 0) is 28.8 Å². The smallest absolute Gasteiger partial charge is 0.312 e. The standard InChI is InChI=1S/C54H72O12S6/c1-7-19-67-25-13-49(55)61-43-31-37-38(32-44(43)62-50(56)14-26-68-20-8-2)40-34-46(64-52(58)16-28-70-22-10-4)48(66-54(60)18-30-72-24-12-6)36-42(40)41-35-47(65-53(59)17-29-71-23-11-5)45(33-39(37)41)63-51(57)15-27-69-21-9-3/h31-36H,7-30H2,1-6H3. The predicted octanol–water partition coefficient (Wildman–Crippen LogP) is 13.8. The number of fused-ring (bicyclic) bond motifs is 6. The van der Waals surface area contributed by atoms with E-state index in [2.05, 4.69) is 41.5 Å². The summed E-state index contributed by atoms with van der Waals surface area (Å²) in [6.45, 7) is 12.4. The van der Waals surface area contributed by atoms with Gasteiger partial charge in [0.2, 0.25) is 0 Å². The lowest BCUT2D eigenvalue weighted by molar-refractivity contribution is -0.136. The minimum Gasteiger partial charge on any atom is -0.422 e. The zero-order chi connectivity index (χ0) is 52.1. The summed E-state index contributed by atoms with van der Waals surface area (Å²) < 4.78 is 36.3. The van der Waals surface area contributed by atoms with Gasteiger partial charge in [-0.15, -0.1) is 0 Å². The molecule has 0 fully saturated rings. The molecule has 0 N–H and O–H groups in total. The molecule has 0 aliphatic heterocycles. The number of esters is 6. The van der Waals surface area contributed by atoms with Crippen molar-refractivity contribution in [2.45, 2.75) is 119 Å². The first-order chi connectivity index (χ1) is 35.0. The summed E-state index contributed by atoms with van der Waals surface area (Å²) in [5.74, 6) is 5.36. The molecule has 0 aromatic heterocycles. The van der Waals surface area contributed by atoms with E-state index < -0.39 is 35.8 Å². The average Bonchev–Trinajstić information content (AvgIpc) is 3.35. The summed E-state index contributed by atoms with van der Waals surface area (Å²) in [5.41, 5.74) is 0. The summed E-state index contributed by atoms with van der Waals surface area (Å²) in [6.07, 6.45) is 6.37. The molecule has 0 saturated heterocycles. The molecule has 0 radical (unpaired) electrons. The van der Waals surface area contributed by atoms with E-state index in [0.29, 0.717) is 66.8 Å². The van der Waals surface area contributed by atoms with Crippen molar-refractivity contribution in [3.63, 3.8) is 0 Å². The molecular weight excluding hydrogens is 1030 g/mol. The Bertz CT molecular complexity index is 1960. The number of thioether (sulfide) groups is 6. The maximum Gasteiger partial charge on any atom is 0.312 e. The van der Waals surface area contributed by atoms with Crippen LogP contribution in [0.4, 0.5) is 0 Å². The maximum atomic E-state index is 13.5. The van der Waals surface area contributed by atoms with Gasteiger partial charge in [0.15, 0.2) is 34.5 Å². The monoisotopic (exact) mass is 1100 g/mol. The fourth-order valence-electron chi connectivity index (χ4n) is 6.95. The van der Waals surface area contributed by atoms with Crippen LogP contribution < -0.4 is 28.4 Å². The molecule has 0 spiro atoms. The summed E-state index contributed by atoms with van der Waals surface area (Å²) in [6, 6.07) is 9.70. The number of hydrogen-bond acceptors (Lipinski definition) is 18. The van der Waals surface area contributed by atoms with Gasteiger partial charge in [0.05, 0.1) is 38.5 Å². The SMILES string of the molecule is CCCSCCC(=O)Oc1cc2c3cc(OC(=O)CCSCCC)c(OC(=O)CCSCCC)cc3c3cc(OC(=O)CCSCCC)c(OC(=O)CCSCCC)cc3c2cc1OC(=O)CCSCCC. The topological polar surface area (TPSA) is 158 Å². The Hall–Kier alpha value is -3.42. The summed E-state index contributed by atoms with van der Waals surface area (Å²) in [5, 5.41) is 2.89. The molecule has 0 bridgehead atoms. The minimum absolute atomic E-state index is 0.00231. The maximum absolute atomic E-state index is 13.5. The van der Waals surface area contributed by atoms with Crippen molar-refractivity contribution >= 4 is 139 Å². The highest BCUT2D eigenvalue weighted by Crippen LogP contribution is 2.47. The number of ether oxygens (including phenoxy) is 6. The quantitative estimate of drug-likeness (QED) is 0.0183. The third-order valence-electron chi connectivity index (χ3n) is 10.3. The number of rotatable bonds is 36. The van der Waals surface area contributed by atoms with Crippen LogP contribution in [0.1, 0.15) is 119 Å². The van der Waals surface area contributed by atoms with Gasteiger partial charge in [-0.2, -0.15) is 70.6 Å². The number of carbonyl (C=O) groups is 6. The molecule has 0 saturated carbocycles. The minimum atomic E-state index is -0.522. The highest BCUT2D eigenvalue weighted by molar-refractivity contribution is 8.00. The first kappa shape index (κ1) is 61.1. The summed E-state index contributed by atoms with van der Waals surface area (Å²) in [4.78, 5) is 81.2. The van der Waals surface area contributed by atoms with Crippen LogP contribution in [-0.4, -0.2) is 105 Å². The Morgan fingerprint density at radius 2 is 0.403 bits per heavy atom. The van der Waals surface area contributed by atoms with Gasteiger partial charge in [0, 0.05) is 34.5 Å². The zero-order valence-electron chi connectivity index (χ0n) is 42.8. The Labute approximate surface area is 451 Å². The number of carbonyl (C=O) groups excluding carboxylic acids is 6. The molecule has 0 aliphatic rings. The molecule has 4 aromatic carbocycles. The van der Waals surface area contributed by atoms with Crippen molar-refractivity contribution in [2.24, 2.45) is 0 Å². The third-order valence-corrected chi connectivity index (χ3v) is 17.4. The van der Waals surface area contributed by atoms with Gasteiger partial charge >= 0.3 is 35.8 Å².